The van der Waals surface area contributed by atoms with Crippen LogP contribution in [-0.4, -0.2) is 27.6 Å². The van der Waals surface area contributed by atoms with Crippen molar-refractivity contribution in [1.82, 2.24) is 9.78 Å². The van der Waals surface area contributed by atoms with Gasteiger partial charge in [0.1, 0.15) is 5.78 Å². The average molecular weight is 205 g/mol. The predicted octanol–water partition coefficient (Wildman–Crippen LogP) is 1.12. The van der Waals surface area contributed by atoms with E-state index in [2.05, 4.69) is 10.00 Å². The fraction of sp³-hybridized carbons (Fsp3) is 0.636. The summed E-state index contributed by atoms with van der Waals surface area (Å²) in [4.78, 5) is 13.9. The summed E-state index contributed by atoms with van der Waals surface area (Å²) in [6.07, 6.45) is 7.72. The zero-order valence-corrected chi connectivity index (χ0v) is 8.89. The first-order valence-corrected chi connectivity index (χ1v) is 5.53. The van der Waals surface area contributed by atoms with E-state index >= 15 is 0 Å². The van der Waals surface area contributed by atoms with Crippen molar-refractivity contribution in [3.05, 3.63) is 12.4 Å². The summed E-state index contributed by atoms with van der Waals surface area (Å²) in [6.45, 7) is 0. The van der Waals surface area contributed by atoms with E-state index < -0.39 is 0 Å². The van der Waals surface area contributed by atoms with Gasteiger partial charge < -0.3 is 4.90 Å². The van der Waals surface area contributed by atoms with Gasteiger partial charge in [-0.2, -0.15) is 5.10 Å². The molecule has 0 N–H and O–H groups in total. The molecule has 1 aromatic rings. The molecule has 0 amide bonds. The molecule has 2 atom stereocenters. The van der Waals surface area contributed by atoms with Gasteiger partial charge in [-0.15, -0.1) is 0 Å². The molecule has 1 aromatic heterocycles. The maximum atomic E-state index is 11.5. The Labute approximate surface area is 88.9 Å². The van der Waals surface area contributed by atoms with Crippen LogP contribution in [0.4, 0.5) is 5.69 Å². The largest absolute Gasteiger partial charge is 0.362 e. The van der Waals surface area contributed by atoms with Crippen molar-refractivity contribution < 1.29 is 4.79 Å². The zero-order valence-electron chi connectivity index (χ0n) is 8.89. The molecule has 2 saturated heterocycles. The third-order valence-corrected chi connectivity index (χ3v) is 3.54. The Bertz CT molecular complexity index is 382. The lowest BCUT2D eigenvalue weighted by Crippen LogP contribution is -2.43. The highest BCUT2D eigenvalue weighted by Crippen LogP contribution is 2.37. The topological polar surface area (TPSA) is 38.1 Å². The second-order valence-corrected chi connectivity index (χ2v) is 4.61. The van der Waals surface area contributed by atoms with E-state index in [-0.39, 0.29) is 0 Å². The minimum absolute atomic E-state index is 0.431. The highest BCUT2D eigenvalue weighted by atomic mass is 16.1. The van der Waals surface area contributed by atoms with Crippen LogP contribution in [0.1, 0.15) is 25.7 Å². The lowest BCUT2D eigenvalue weighted by molar-refractivity contribution is -0.120. The standard InChI is InChI=1S/C11H15N3O/c1-13-7-10(6-12-13)14-8-2-3-9(14)5-11(15)4-8/h6-9H,2-5H2,1H3. The number of aromatic nitrogens is 2. The van der Waals surface area contributed by atoms with E-state index in [1.54, 1.807) is 0 Å². The number of nitrogens with zero attached hydrogens (tertiary/aromatic N) is 3. The molecule has 80 valence electrons. The summed E-state index contributed by atoms with van der Waals surface area (Å²) in [7, 11) is 1.93. The minimum Gasteiger partial charge on any atom is -0.362 e. The molecule has 0 aliphatic carbocycles. The van der Waals surface area contributed by atoms with Gasteiger partial charge >= 0.3 is 0 Å². The third-order valence-electron chi connectivity index (χ3n) is 3.54. The quantitative estimate of drug-likeness (QED) is 0.689. The van der Waals surface area contributed by atoms with Crippen LogP contribution >= 0.6 is 0 Å². The molecule has 2 aliphatic rings. The van der Waals surface area contributed by atoms with E-state index in [1.165, 1.54) is 5.69 Å². The molecular formula is C11H15N3O. The zero-order chi connectivity index (χ0) is 10.4. The number of carbonyl (C=O) groups excluding carboxylic acids is 1. The molecule has 3 rings (SSSR count). The fourth-order valence-electron chi connectivity index (χ4n) is 2.93. The molecule has 4 heteroatoms. The fourth-order valence-corrected chi connectivity index (χ4v) is 2.93. The van der Waals surface area contributed by atoms with Gasteiger partial charge in [0.25, 0.3) is 0 Å². The van der Waals surface area contributed by atoms with Crippen LogP contribution in [0.25, 0.3) is 0 Å². The van der Waals surface area contributed by atoms with Gasteiger partial charge in [-0.1, -0.05) is 0 Å². The van der Waals surface area contributed by atoms with E-state index in [4.69, 9.17) is 0 Å². The highest BCUT2D eigenvalue weighted by Gasteiger charge is 2.40. The van der Waals surface area contributed by atoms with Crippen LogP contribution in [0.5, 0.6) is 0 Å². The average Bonchev–Trinajstić information content (AvgIpc) is 2.69. The molecule has 0 aromatic carbocycles. The normalized spacial score (nSPS) is 29.9. The van der Waals surface area contributed by atoms with E-state index in [1.807, 2.05) is 24.1 Å². The Kier molecular flexibility index (Phi) is 1.84. The van der Waals surface area contributed by atoms with Crippen molar-refractivity contribution in [2.45, 2.75) is 37.8 Å². The molecule has 2 unspecified atom stereocenters. The molecule has 2 fully saturated rings. The molecule has 0 spiro atoms. The van der Waals surface area contributed by atoms with Crippen LogP contribution in [0.15, 0.2) is 12.4 Å². The van der Waals surface area contributed by atoms with Gasteiger partial charge in [-0.3, -0.25) is 9.48 Å². The van der Waals surface area contributed by atoms with Crippen molar-refractivity contribution >= 4 is 11.5 Å². The summed E-state index contributed by atoms with van der Waals surface area (Å²) in [5, 5.41) is 4.20. The second kappa shape index (κ2) is 3.08. The van der Waals surface area contributed by atoms with Crippen LogP contribution in [0.3, 0.4) is 0 Å². The van der Waals surface area contributed by atoms with Gasteiger partial charge in [-0.05, 0) is 12.8 Å². The first kappa shape index (κ1) is 8.95. The van der Waals surface area contributed by atoms with Gasteiger partial charge in [-0.25, -0.2) is 0 Å². The number of aryl methyl sites for hydroxylation is 1. The summed E-state index contributed by atoms with van der Waals surface area (Å²) in [6, 6.07) is 0.862. The first-order valence-electron chi connectivity index (χ1n) is 5.53. The molecule has 3 heterocycles. The summed E-state index contributed by atoms with van der Waals surface area (Å²) in [5.74, 6) is 0.433. The number of hydrogen-bond acceptors (Lipinski definition) is 3. The number of ketones is 1. The molecule has 2 bridgehead atoms. The highest BCUT2D eigenvalue weighted by molar-refractivity contribution is 5.83. The first-order chi connectivity index (χ1) is 7.24. The number of piperidine rings is 1. The van der Waals surface area contributed by atoms with Crippen LogP contribution in [0.2, 0.25) is 0 Å². The maximum Gasteiger partial charge on any atom is 0.137 e. The molecule has 15 heavy (non-hydrogen) atoms. The van der Waals surface area contributed by atoms with Crippen LogP contribution in [0, 0.1) is 0 Å². The van der Waals surface area contributed by atoms with Gasteiger partial charge in [0, 0.05) is 38.2 Å². The number of Topliss-reactive ketones (excluding diaryl/α,β-unsaturated/α-hetero) is 1. The van der Waals surface area contributed by atoms with E-state index in [0.29, 0.717) is 17.9 Å². The molecule has 4 nitrogen and oxygen atoms in total. The predicted molar refractivity (Wildman–Crippen MR) is 56.7 cm³/mol. The van der Waals surface area contributed by atoms with Crippen molar-refractivity contribution in [1.29, 1.82) is 0 Å². The van der Waals surface area contributed by atoms with E-state index in [0.717, 1.165) is 25.7 Å². The Balaban J connectivity index is 1.91. The number of anilines is 1. The smallest absolute Gasteiger partial charge is 0.137 e. The van der Waals surface area contributed by atoms with Crippen molar-refractivity contribution in [2.24, 2.45) is 7.05 Å². The number of fused-ring (bicyclic) bond motifs is 2. The van der Waals surface area contributed by atoms with Gasteiger partial charge in [0.15, 0.2) is 0 Å². The summed E-state index contributed by atoms with van der Waals surface area (Å²) in [5.41, 5.74) is 1.18. The maximum absolute atomic E-state index is 11.5. The SMILES string of the molecule is Cn1cc(N2C3CCC2CC(=O)C3)cn1. The Morgan fingerprint density at radius 1 is 1.33 bits per heavy atom. The molecule has 2 aliphatic heterocycles. The molecule has 0 radical (unpaired) electrons. The van der Waals surface area contributed by atoms with Crippen LogP contribution < -0.4 is 4.90 Å². The monoisotopic (exact) mass is 205 g/mol. The number of carbonyl (C=O) groups is 1. The lowest BCUT2D eigenvalue weighted by Gasteiger charge is -2.34. The summed E-state index contributed by atoms with van der Waals surface area (Å²) < 4.78 is 1.82. The Hall–Kier alpha value is -1.32. The lowest BCUT2D eigenvalue weighted by atomic mass is 10.0. The van der Waals surface area contributed by atoms with Crippen molar-refractivity contribution in [2.75, 3.05) is 4.90 Å². The van der Waals surface area contributed by atoms with Gasteiger partial charge in [0.2, 0.25) is 0 Å². The van der Waals surface area contributed by atoms with Crippen molar-refractivity contribution in [3.8, 4) is 0 Å². The molecular weight excluding hydrogens is 190 g/mol. The van der Waals surface area contributed by atoms with E-state index in [9.17, 15) is 4.79 Å². The second-order valence-electron chi connectivity index (χ2n) is 4.61. The minimum atomic E-state index is 0.431. The van der Waals surface area contributed by atoms with Crippen LogP contribution in [-0.2, 0) is 11.8 Å². The van der Waals surface area contributed by atoms with Gasteiger partial charge in [0.05, 0.1) is 11.9 Å². The number of hydrogen-bond donors (Lipinski definition) is 0. The number of rotatable bonds is 1. The van der Waals surface area contributed by atoms with Crippen molar-refractivity contribution in [3.63, 3.8) is 0 Å². The Morgan fingerprint density at radius 3 is 2.53 bits per heavy atom. The third kappa shape index (κ3) is 1.35. The Morgan fingerprint density at radius 2 is 2.00 bits per heavy atom. The molecule has 0 saturated carbocycles. The summed E-state index contributed by atoms with van der Waals surface area (Å²) >= 11 is 0.